The molecule has 3 heteroatoms. The van der Waals surface area contributed by atoms with Gasteiger partial charge in [-0.05, 0) is 46.0 Å². The molecule has 2 atom stereocenters. The Bertz CT molecular complexity index is 471. The van der Waals surface area contributed by atoms with Crippen LogP contribution in [0.2, 0.25) is 0 Å². The van der Waals surface area contributed by atoms with E-state index in [0.29, 0.717) is 10.7 Å². The number of hydrogen-bond acceptors (Lipinski definition) is 1. The maximum Gasteiger partial charge on any atom is 0.0730 e. The summed E-state index contributed by atoms with van der Waals surface area (Å²) in [5.41, 5.74) is 2.69. The molecule has 2 unspecified atom stereocenters. The van der Waals surface area contributed by atoms with Crippen molar-refractivity contribution in [1.82, 2.24) is 0 Å². The minimum absolute atomic E-state index is 0.375. The first-order chi connectivity index (χ1) is 8.09. The second-order valence-corrected chi connectivity index (χ2v) is 7.59. The summed E-state index contributed by atoms with van der Waals surface area (Å²) in [7, 11) is 0. The molecule has 2 aromatic rings. The van der Waals surface area contributed by atoms with Gasteiger partial charge < -0.3 is 0 Å². The van der Waals surface area contributed by atoms with Gasteiger partial charge in [0.25, 0.3) is 0 Å². The fraction of sp³-hybridized carbons (Fsp3) is 0.286. The van der Waals surface area contributed by atoms with Crippen molar-refractivity contribution >= 4 is 43.2 Å². The molecule has 0 spiro atoms. The molecule has 0 amide bonds. The molecule has 17 heavy (non-hydrogen) atoms. The van der Waals surface area contributed by atoms with E-state index >= 15 is 0 Å². The highest BCUT2D eigenvalue weighted by atomic mass is 79.9. The summed E-state index contributed by atoms with van der Waals surface area (Å²) >= 11 is 9.23. The van der Waals surface area contributed by atoms with Gasteiger partial charge in [-0.1, -0.05) is 53.2 Å². The number of rotatable bonds is 3. The third-order valence-corrected chi connectivity index (χ3v) is 6.72. The maximum atomic E-state index is 3.83. The number of halogens is 2. The van der Waals surface area contributed by atoms with Crippen molar-refractivity contribution in [2.24, 2.45) is 0 Å². The zero-order valence-electron chi connectivity index (χ0n) is 9.78. The van der Waals surface area contributed by atoms with Crippen LogP contribution in [0.5, 0.6) is 0 Å². The molecule has 0 radical (unpaired) electrons. The van der Waals surface area contributed by atoms with Gasteiger partial charge in [0.2, 0.25) is 0 Å². The van der Waals surface area contributed by atoms with Crippen LogP contribution in [0.15, 0.2) is 40.2 Å². The van der Waals surface area contributed by atoms with Crippen molar-refractivity contribution in [3.8, 4) is 0 Å². The number of thiophene rings is 1. The fourth-order valence-corrected chi connectivity index (χ4v) is 4.16. The van der Waals surface area contributed by atoms with Crippen LogP contribution in [0, 0.1) is 6.92 Å². The van der Waals surface area contributed by atoms with E-state index in [2.05, 4.69) is 82.1 Å². The van der Waals surface area contributed by atoms with Crippen LogP contribution < -0.4 is 0 Å². The van der Waals surface area contributed by atoms with E-state index in [4.69, 9.17) is 0 Å². The molecule has 1 heterocycles. The monoisotopic (exact) mass is 372 g/mol. The largest absolute Gasteiger partial charge is 0.132 e. The van der Waals surface area contributed by atoms with Crippen molar-refractivity contribution in [3.05, 3.63) is 56.2 Å². The quantitative estimate of drug-likeness (QED) is 0.573. The molecular formula is C14H14Br2S. The highest BCUT2D eigenvalue weighted by Crippen LogP contribution is 2.42. The summed E-state index contributed by atoms with van der Waals surface area (Å²) < 4.78 is 1.23. The molecule has 90 valence electrons. The van der Waals surface area contributed by atoms with Gasteiger partial charge in [-0.25, -0.2) is 0 Å². The van der Waals surface area contributed by atoms with Gasteiger partial charge in [0.05, 0.1) is 8.61 Å². The standard InChI is InChI=1S/C14H14Br2S/c1-9-8-12(17-14(9)16)13(15)10(2)11-6-4-3-5-7-11/h3-8,10,13H,1-2H3. The van der Waals surface area contributed by atoms with E-state index < -0.39 is 0 Å². The summed E-state index contributed by atoms with van der Waals surface area (Å²) in [4.78, 5) is 1.76. The second-order valence-electron chi connectivity index (χ2n) is 4.21. The Morgan fingerprint density at radius 2 is 1.82 bits per heavy atom. The maximum absolute atomic E-state index is 3.83. The molecule has 2 rings (SSSR count). The van der Waals surface area contributed by atoms with Gasteiger partial charge >= 0.3 is 0 Å². The predicted octanol–water partition coefficient (Wildman–Crippen LogP) is 6.06. The van der Waals surface area contributed by atoms with Crippen molar-refractivity contribution in [3.63, 3.8) is 0 Å². The van der Waals surface area contributed by atoms with Crippen LogP contribution >= 0.6 is 43.2 Å². The molecule has 0 saturated carbocycles. The number of benzene rings is 1. The molecule has 0 saturated heterocycles. The van der Waals surface area contributed by atoms with E-state index in [9.17, 15) is 0 Å². The zero-order valence-corrected chi connectivity index (χ0v) is 13.8. The summed E-state index contributed by atoms with van der Waals surface area (Å²) in [5.74, 6) is 0.473. The van der Waals surface area contributed by atoms with E-state index in [1.165, 1.54) is 19.8 Å². The van der Waals surface area contributed by atoms with Crippen molar-refractivity contribution in [2.75, 3.05) is 0 Å². The molecule has 0 bridgehead atoms. The number of aryl methyl sites for hydroxylation is 1. The summed E-state index contributed by atoms with van der Waals surface area (Å²) in [5, 5.41) is 0. The third-order valence-electron chi connectivity index (χ3n) is 2.91. The first kappa shape index (κ1) is 13.3. The van der Waals surface area contributed by atoms with Crippen LogP contribution in [0.1, 0.15) is 33.7 Å². The van der Waals surface area contributed by atoms with Crippen LogP contribution in [-0.2, 0) is 0 Å². The first-order valence-corrected chi connectivity index (χ1v) is 8.07. The minimum Gasteiger partial charge on any atom is -0.132 e. The van der Waals surface area contributed by atoms with E-state index in [1.54, 1.807) is 0 Å². The van der Waals surface area contributed by atoms with Crippen molar-refractivity contribution in [1.29, 1.82) is 0 Å². The Morgan fingerprint density at radius 1 is 1.18 bits per heavy atom. The van der Waals surface area contributed by atoms with Crippen LogP contribution in [-0.4, -0.2) is 0 Å². The Labute approximate surface area is 123 Å². The molecule has 1 aromatic heterocycles. The lowest BCUT2D eigenvalue weighted by molar-refractivity contribution is 0.761. The average Bonchev–Trinajstić information content (AvgIpc) is 2.69. The van der Waals surface area contributed by atoms with Crippen LogP contribution in [0.25, 0.3) is 0 Å². The lowest BCUT2D eigenvalue weighted by Gasteiger charge is -2.17. The normalized spacial score (nSPS) is 14.6. The Balaban J connectivity index is 2.23. The predicted molar refractivity (Wildman–Crippen MR) is 83.3 cm³/mol. The lowest BCUT2D eigenvalue weighted by Crippen LogP contribution is -2.00. The second kappa shape index (κ2) is 5.68. The highest BCUT2D eigenvalue weighted by Gasteiger charge is 2.20. The first-order valence-electron chi connectivity index (χ1n) is 5.54. The number of hydrogen-bond donors (Lipinski definition) is 0. The lowest BCUT2D eigenvalue weighted by atomic mass is 9.97. The van der Waals surface area contributed by atoms with Crippen molar-refractivity contribution in [2.45, 2.75) is 24.6 Å². The van der Waals surface area contributed by atoms with Crippen molar-refractivity contribution < 1.29 is 0 Å². The number of alkyl halides is 1. The summed E-state index contributed by atoms with van der Waals surface area (Å²) in [6.45, 7) is 4.40. The van der Waals surface area contributed by atoms with E-state index in [1.807, 2.05) is 11.3 Å². The summed E-state index contributed by atoms with van der Waals surface area (Å²) in [6, 6.07) is 12.9. The summed E-state index contributed by atoms with van der Waals surface area (Å²) in [6.07, 6.45) is 0. The Hall–Kier alpha value is -0.120. The van der Waals surface area contributed by atoms with Gasteiger partial charge in [0, 0.05) is 4.88 Å². The molecule has 1 aromatic carbocycles. The molecule has 0 nitrogen and oxygen atoms in total. The van der Waals surface area contributed by atoms with E-state index in [0.717, 1.165) is 0 Å². The molecule has 0 aliphatic heterocycles. The highest BCUT2D eigenvalue weighted by molar-refractivity contribution is 9.11. The van der Waals surface area contributed by atoms with Gasteiger partial charge in [-0.2, -0.15) is 0 Å². The molecule has 0 aliphatic rings. The minimum atomic E-state index is 0.375. The van der Waals surface area contributed by atoms with Crippen LogP contribution in [0.4, 0.5) is 0 Å². The van der Waals surface area contributed by atoms with Gasteiger partial charge in [-0.15, -0.1) is 11.3 Å². The van der Waals surface area contributed by atoms with Gasteiger partial charge in [0.1, 0.15) is 0 Å². The van der Waals surface area contributed by atoms with Gasteiger partial charge in [0.15, 0.2) is 0 Å². The van der Waals surface area contributed by atoms with Gasteiger partial charge in [-0.3, -0.25) is 0 Å². The third kappa shape index (κ3) is 3.01. The smallest absolute Gasteiger partial charge is 0.0730 e. The molecule has 0 N–H and O–H groups in total. The Morgan fingerprint density at radius 3 is 2.35 bits per heavy atom. The molecule has 0 fully saturated rings. The topological polar surface area (TPSA) is 0 Å². The fourth-order valence-electron chi connectivity index (χ4n) is 1.79. The SMILES string of the molecule is Cc1cc(C(Br)C(C)c2ccccc2)sc1Br. The molecule has 0 aliphatic carbocycles. The van der Waals surface area contributed by atoms with E-state index in [-0.39, 0.29) is 0 Å². The zero-order chi connectivity index (χ0) is 12.4. The Kier molecular flexibility index (Phi) is 4.45. The van der Waals surface area contributed by atoms with Crippen LogP contribution in [0.3, 0.4) is 0 Å². The molecular weight excluding hydrogens is 360 g/mol. The average molecular weight is 374 g/mol.